The van der Waals surface area contributed by atoms with Crippen LogP contribution in [0.3, 0.4) is 0 Å². The van der Waals surface area contributed by atoms with Crippen LogP contribution in [0.2, 0.25) is 0 Å². The van der Waals surface area contributed by atoms with E-state index < -0.39 is 7.60 Å². The van der Waals surface area contributed by atoms with Crippen LogP contribution in [0.1, 0.15) is 26.7 Å². The van der Waals surface area contributed by atoms with Crippen LogP contribution >= 0.6 is 7.60 Å². The monoisotopic (exact) mass is 262 g/mol. The molecule has 17 heavy (non-hydrogen) atoms. The van der Waals surface area contributed by atoms with Crippen molar-refractivity contribution in [1.82, 2.24) is 0 Å². The van der Waals surface area contributed by atoms with E-state index in [0.717, 1.165) is 24.0 Å². The van der Waals surface area contributed by atoms with Crippen LogP contribution in [0, 0.1) is 0 Å². The van der Waals surface area contributed by atoms with E-state index in [0.29, 0.717) is 6.16 Å². The summed E-state index contributed by atoms with van der Waals surface area (Å²) in [6, 6.07) is 0. The van der Waals surface area contributed by atoms with Crippen molar-refractivity contribution in [2.75, 3.05) is 27.0 Å². The summed E-state index contributed by atoms with van der Waals surface area (Å²) >= 11 is 0. The molecule has 5 heteroatoms. The predicted octanol–water partition coefficient (Wildman–Crippen LogP) is 3.14. The van der Waals surface area contributed by atoms with Crippen LogP contribution in [0.15, 0.2) is 23.3 Å². The highest BCUT2D eigenvalue weighted by Crippen LogP contribution is 2.46. The number of aliphatic hydroxyl groups excluding tert-OH is 1. The van der Waals surface area contributed by atoms with E-state index in [4.69, 9.17) is 14.2 Å². The van der Waals surface area contributed by atoms with Crippen molar-refractivity contribution in [2.45, 2.75) is 26.7 Å². The summed E-state index contributed by atoms with van der Waals surface area (Å²) < 4.78 is 21.4. The highest BCUT2D eigenvalue weighted by atomic mass is 31.2. The third-order valence-corrected chi connectivity index (χ3v) is 4.24. The minimum absolute atomic E-state index is 0.102. The zero-order valence-electron chi connectivity index (χ0n) is 11.1. The first-order valence-corrected chi connectivity index (χ1v) is 7.33. The molecule has 0 aromatic rings. The molecule has 0 aromatic heterocycles. The van der Waals surface area contributed by atoms with Gasteiger partial charge in [0.15, 0.2) is 0 Å². The number of hydrogen-bond donors (Lipinski definition) is 1. The topological polar surface area (TPSA) is 55.8 Å². The van der Waals surface area contributed by atoms with Crippen molar-refractivity contribution >= 4 is 7.60 Å². The smallest absolute Gasteiger partial charge is 0.333 e. The van der Waals surface area contributed by atoms with Gasteiger partial charge in [0.25, 0.3) is 0 Å². The Balaban J connectivity index is 4.15. The lowest BCUT2D eigenvalue weighted by atomic mass is 10.1. The molecule has 0 radical (unpaired) electrons. The molecule has 4 nitrogen and oxygen atoms in total. The molecular weight excluding hydrogens is 239 g/mol. The Labute approximate surface area is 104 Å². The molecule has 0 bridgehead atoms. The van der Waals surface area contributed by atoms with Crippen molar-refractivity contribution in [3.05, 3.63) is 23.3 Å². The van der Waals surface area contributed by atoms with Crippen LogP contribution in [0.4, 0.5) is 0 Å². The third-order valence-electron chi connectivity index (χ3n) is 2.50. The van der Waals surface area contributed by atoms with Crippen molar-refractivity contribution in [2.24, 2.45) is 0 Å². The zero-order valence-corrected chi connectivity index (χ0v) is 12.0. The summed E-state index contributed by atoms with van der Waals surface area (Å²) in [6.07, 6.45) is 5.94. The Morgan fingerprint density at radius 1 is 1.18 bits per heavy atom. The molecule has 0 heterocycles. The van der Waals surface area contributed by atoms with Crippen molar-refractivity contribution in [3.8, 4) is 0 Å². The summed E-state index contributed by atoms with van der Waals surface area (Å²) in [7, 11) is -0.144. The molecule has 1 N–H and O–H groups in total. The van der Waals surface area contributed by atoms with E-state index in [2.05, 4.69) is 0 Å². The molecule has 0 fully saturated rings. The van der Waals surface area contributed by atoms with Gasteiger partial charge in [0.1, 0.15) is 0 Å². The van der Waals surface area contributed by atoms with Gasteiger partial charge in [-0.25, -0.2) is 0 Å². The molecule has 0 saturated carbocycles. The third kappa shape index (κ3) is 7.50. The van der Waals surface area contributed by atoms with Crippen LogP contribution < -0.4 is 0 Å². The maximum absolute atomic E-state index is 11.7. The van der Waals surface area contributed by atoms with Gasteiger partial charge in [-0.15, -0.1) is 0 Å². The summed E-state index contributed by atoms with van der Waals surface area (Å²) in [4.78, 5) is 0. The molecule has 0 aromatic carbocycles. The number of allylic oxidation sites excluding steroid dienone is 3. The molecule has 0 atom stereocenters. The van der Waals surface area contributed by atoms with Crippen molar-refractivity contribution in [1.29, 1.82) is 0 Å². The van der Waals surface area contributed by atoms with Gasteiger partial charge in [0.05, 0.1) is 12.8 Å². The Morgan fingerprint density at radius 3 is 2.24 bits per heavy atom. The summed E-state index contributed by atoms with van der Waals surface area (Å²) in [5.41, 5.74) is 2.11. The van der Waals surface area contributed by atoms with Gasteiger partial charge in [-0.2, -0.15) is 0 Å². The van der Waals surface area contributed by atoms with E-state index in [9.17, 15) is 4.57 Å². The van der Waals surface area contributed by atoms with Gasteiger partial charge in [0, 0.05) is 14.2 Å². The van der Waals surface area contributed by atoms with Gasteiger partial charge in [-0.3, -0.25) is 4.57 Å². The SMILES string of the molecule is COP(=O)(C/C=C(\C)CC/C=C(\C)CO)OC. The van der Waals surface area contributed by atoms with E-state index >= 15 is 0 Å². The lowest BCUT2D eigenvalue weighted by molar-refractivity contribution is 0.279. The van der Waals surface area contributed by atoms with Gasteiger partial charge >= 0.3 is 7.60 Å². The highest BCUT2D eigenvalue weighted by molar-refractivity contribution is 7.54. The minimum Gasteiger partial charge on any atom is -0.392 e. The molecule has 0 unspecified atom stereocenters. The Bertz CT molecular complexity index is 312. The number of aliphatic hydroxyl groups is 1. The highest BCUT2D eigenvalue weighted by Gasteiger charge is 2.18. The largest absolute Gasteiger partial charge is 0.392 e. The Kier molecular flexibility index (Phi) is 8.44. The van der Waals surface area contributed by atoms with E-state index in [1.807, 2.05) is 26.0 Å². The summed E-state index contributed by atoms with van der Waals surface area (Å²) in [5, 5.41) is 8.82. The second-order valence-electron chi connectivity index (χ2n) is 3.96. The zero-order chi connectivity index (χ0) is 13.3. The first kappa shape index (κ1) is 16.6. The summed E-state index contributed by atoms with van der Waals surface area (Å²) in [5.74, 6) is 0. The quantitative estimate of drug-likeness (QED) is 0.539. The van der Waals surface area contributed by atoms with Crippen LogP contribution in [-0.4, -0.2) is 32.1 Å². The molecule has 100 valence electrons. The lowest BCUT2D eigenvalue weighted by Gasteiger charge is -2.11. The maximum atomic E-state index is 11.7. The number of hydrogen-bond acceptors (Lipinski definition) is 4. The van der Waals surface area contributed by atoms with Crippen molar-refractivity contribution in [3.63, 3.8) is 0 Å². The molecule has 0 aliphatic carbocycles. The van der Waals surface area contributed by atoms with Gasteiger partial charge in [0.2, 0.25) is 0 Å². The van der Waals surface area contributed by atoms with Crippen LogP contribution in [0.25, 0.3) is 0 Å². The molecule has 0 saturated heterocycles. The Hall–Kier alpha value is -0.410. The fourth-order valence-corrected chi connectivity index (χ4v) is 2.19. The molecule has 0 amide bonds. The average molecular weight is 262 g/mol. The molecule has 0 aliphatic heterocycles. The molecule has 0 spiro atoms. The number of rotatable bonds is 8. The average Bonchev–Trinajstić information content (AvgIpc) is 2.35. The first-order chi connectivity index (χ1) is 7.97. The van der Waals surface area contributed by atoms with E-state index in [1.165, 1.54) is 14.2 Å². The normalized spacial score (nSPS) is 14.2. The Morgan fingerprint density at radius 2 is 1.76 bits per heavy atom. The molecular formula is C12H23O4P. The summed E-state index contributed by atoms with van der Waals surface area (Å²) in [6.45, 7) is 3.98. The van der Waals surface area contributed by atoms with Gasteiger partial charge < -0.3 is 14.2 Å². The van der Waals surface area contributed by atoms with Gasteiger partial charge in [-0.1, -0.05) is 23.3 Å². The van der Waals surface area contributed by atoms with Gasteiger partial charge in [-0.05, 0) is 26.7 Å². The van der Waals surface area contributed by atoms with Crippen LogP contribution in [0.5, 0.6) is 0 Å². The molecule has 0 rings (SSSR count). The maximum Gasteiger partial charge on any atom is 0.333 e. The lowest BCUT2D eigenvalue weighted by Crippen LogP contribution is -1.93. The second kappa shape index (κ2) is 8.65. The fraction of sp³-hybridized carbons (Fsp3) is 0.667. The molecule has 0 aliphatic rings. The standard InChI is InChI=1S/C12H23O4P/c1-11(6-5-7-12(2)10-13)8-9-17(14,15-3)16-4/h7-8,13H,5-6,9-10H2,1-4H3/b11-8+,12-7+. The van der Waals surface area contributed by atoms with Crippen molar-refractivity contribution < 1.29 is 18.7 Å². The van der Waals surface area contributed by atoms with E-state index in [-0.39, 0.29) is 6.61 Å². The minimum atomic E-state index is -2.92. The van der Waals surface area contributed by atoms with E-state index in [1.54, 1.807) is 0 Å². The fourth-order valence-electron chi connectivity index (χ4n) is 1.20. The second-order valence-corrected chi connectivity index (χ2v) is 6.27. The predicted molar refractivity (Wildman–Crippen MR) is 70.3 cm³/mol. The van der Waals surface area contributed by atoms with Crippen LogP contribution in [-0.2, 0) is 13.6 Å². The first-order valence-electron chi connectivity index (χ1n) is 5.60.